The maximum atomic E-state index is 6.12. The SMILES string of the molecule is CC1(C)C=c2nc3c(c(-c4ccc(Cl)cc4)c2=CC1)C=CC(C)(C)C3. The van der Waals surface area contributed by atoms with Gasteiger partial charge in [0, 0.05) is 21.5 Å². The zero-order chi connectivity index (χ0) is 17.8. The molecular weight excluding hydrogens is 326 g/mol. The van der Waals surface area contributed by atoms with E-state index in [2.05, 4.69) is 64.1 Å². The maximum Gasteiger partial charge on any atom is 0.0674 e. The lowest BCUT2D eigenvalue weighted by Gasteiger charge is -2.28. The molecule has 1 heterocycles. The molecule has 2 aliphatic rings. The van der Waals surface area contributed by atoms with Gasteiger partial charge in [0.2, 0.25) is 0 Å². The van der Waals surface area contributed by atoms with E-state index >= 15 is 0 Å². The van der Waals surface area contributed by atoms with E-state index in [9.17, 15) is 0 Å². The van der Waals surface area contributed by atoms with Crippen LogP contribution < -0.4 is 10.6 Å². The highest BCUT2D eigenvalue weighted by atomic mass is 35.5. The molecule has 0 saturated heterocycles. The second-order valence-corrected chi connectivity index (χ2v) is 9.13. The summed E-state index contributed by atoms with van der Waals surface area (Å²) in [5.41, 5.74) is 5.30. The van der Waals surface area contributed by atoms with Gasteiger partial charge in [-0.05, 0) is 46.9 Å². The number of hydrogen-bond donors (Lipinski definition) is 0. The highest BCUT2D eigenvalue weighted by Crippen LogP contribution is 2.35. The maximum absolute atomic E-state index is 6.12. The second-order valence-electron chi connectivity index (χ2n) is 8.69. The van der Waals surface area contributed by atoms with E-state index in [-0.39, 0.29) is 10.8 Å². The molecule has 25 heavy (non-hydrogen) atoms. The summed E-state index contributed by atoms with van der Waals surface area (Å²) in [5.74, 6) is 0. The zero-order valence-corrected chi connectivity index (χ0v) is 16.1. The Labute approximate surface area is 154 Å². The Hall–Kier alpha value is -1.86. The summed E-state index contributed by atoms with van der Waals surface area (Å²) in [6.07, 6.45) is 11.3. The highest BCUT2D eigenvalue weighted by molar-refractivity contribution is 6.30. The summed E-state index contributed by atoms with van der Waals surface area (Å²) in [5, 5.41) is 3.17. The van der Waals surface area contributed by atoms with Crippen molar-refractivity contribution in [3.63, 3.8) is 0 Å². The van der Waals surface area contributed by atoms with Crippen LogP contribution in [0.5, 0.6) is 0 Å². The average Bonchev–Trinajstić information content (AvgIpc) is 2.52. The minimum absolute atomic E-state index is 0.152. The van der Waals surface area contributed by atoms with Gasteiger partial charge in [-0.25, -0.2) is 0 Å². The normalized spacial score (nSPS) is 19.4. The molecule has 0 aliphatic heterocycles. The number of hydrogen-bond acceptors (Lipinski definition) is 1. The number of halogens is 1. The summed E-state index contributed by atoms with van der Waals surface area (Å²) < 4.78 is 0. The molecule has 1 aromatic carbocycles. The third-order valence-electron chi connectivity index (χ3n) is 5.20. The third kappa shape index (κ3) is 3.06. The molecule has 0 atom stereocenters. The monoisotopic (exact) mass is 349 g/mol. The van der Waals surface area contributed by atoms with Crippen LogP contribution in [0.3, 0.4) is 0 Å². The molecule has 128 valence electrons. The molecule has 1 nitrogen and oxygen atoms in total. The van der Waals surface area contributed by atoms with Crippen molar-refractivity contribution >= 4 is 29.8 Å². The van der Waals surface area contributed by atoms with E-state index in [1.54, 1.807) is 0 Å². The summed E-state index contributed by atoms with van der Waals surface area (Å²) in [6, 6.07) is 8.20. The third-order valence-corrected chi connectivity index (χ3v) is 5.45. The van der Waals surface area contributed by atoms with Crippen LogP contribution in [0.2, 0.25) is 5.02 Å². The first-order valence-electron chi connectivity index (χ1n) is 8.95. The van der Waals surface area contributed by atoms with Crippen LogP contribution in [0.15, 0.2) is 30.3 Å². The Kier molecular flexibility index (Phi) is 3.70. The van der Waals surface area contributed by atoms with Crippen LogP contribution in [0.25, 0.3) is 29.4 Å². The Morgan fingerprint density at radius 3 is 2.44 bits per heavy atom. The number of benzene rings is 1. The van der Waals surface area contributed by atoms with Crippen molar-refractivity contribution in [2.24, 2.45) is 10.8 Å². The van der Waals surface area contributed by atoms with Crippen LogP contribution in [0.4, 0.5) is 0 Å². The summed E-state index contributed by atoms with van der Waals surface area (Å²) in [4.78, 5) is 5.08. The fraction of sp³-hybridized carbons (Fsp3) is 0.348. The first-order valence-corrected chi connectivity index (χ1v) is 9.33. The lowest BCUT2D eigenvalue weighted by atomic mass is 9.78. The lowest BCUT2D eigenvalue weighted by molar-refractivity contribution is 0.467. The van der Waals surface area contributed by atoms with Gasteiger partial charge < -0.3 is 0 Å². The number of nitrogens with zero attached hydrogens (tertiary/aromatic N) is 1. The van der Waals surface area contributed by atoms with Gasteiger partial charge in [-0.15, -0.1) is 0 Å². The molecule has 0 radical (unpaired) electrons. The van der Waals surface area contributed by atoms with Gasteiger partial charge in [-0.1, -0.05) is 75.7 Å². The van der Waals surface area contributed by atoms with Crippen molar-refractivity contribution in [2.45, 2.75) is 40.5 Å². The molecule has 0 bridgehead atoms. The summed E-state index contributed by atoms with van der Waals surface area (Å²) >= 11 is 6.12. The standard InChI is InChI=1S/C23H24ClN/c1-22(2)11-9-17-19(13-22)25-20-14-23(3,4)12-10-18(20)21(17)15-5-7-16(24)8-6-15/h5-11,14H,12-13H2,1-4H3. The van der Waals surface area contributed by atoms with Gasteiger partial charge in [0.25, 0.3) is 0 Å². The zero-order valence-electron chi connectivity index (χ0n) is 15.4. The molecule has 2 aliphatic carbocycles. The summed E-state index contributed by atoms with van der Waals surface area (Å²) in [6.45, 7) is 9.10. The Balaban J connectivity index is 2.08. The number of rotatable bonds is 1. The van der Waals surface area contributed by atoms with Gasteiger partial charge in [0.15, 0.2) is 0 Å². The predicted octanol–water partition coefficient (Wildman–Crippen LogP) is 4.99. The molecule has 0 saturated carbocycles. The van der Waals surface area contributed by atoms with Gasteiger partial charge >= 0.3 is 0 Å². The van der Waals surface area contributed by atoms with E-state index in [4.69, 9.17) is 16.6 Å². The quantitative estimate of drug-likeness (QED) is 0.706. The van der Waals surface area contributed by atoms with E-state index < -0.39 is 0 Å². The molecule has 2 heteroatoms. The average molecular weight is 350 g/mol. The van der Waals surface area contributed by atoms with Gasteiger partial charge in [-0.3, -0.25) is 4.98 Å². The Morgan fingerprint density at radius 1 is 1.00 bits per heavy atom. The van der Waals surface area contributed by atoms with Crippen LogP contribution in [-0.4, -0.2) is 4.98 Å². The van der Waals surface area contributed by atoms with Gasteiger partial charge in [0.1, 0.15) is 0 Å². The molecule has 0 fully saturated rings. The smallest absolute Gasteiger partial charge is 0.0674 e. The van der Waals surface area contributed by atoms with Crippen molar-refractivity contribution in [3.05, 3.63) is 57.2 Å². The fourth-order valence-electron chi connectivity index (χ4n) is 3.84. The molecule has 0 amide bonds. The van der Waals surface area contributed by atoms with Crippen LogP contribution in [-0.2, 0) is 6.42 Å². The van der Waals surface area contributed by atoms with Crippen LogP contribution in [0.1, 0.15) is 45.4 Å². The number of pyridine rings is 1. The summed E-state index contributed by atoms with van der Waals surface area (Å²) in [7, 11) is 0. The van der Waals surface area contributed by atoms with Crippen molar-refractivity contribution in [1.82, 2.24) is 4.98 Å². The Bertz CT molecular complexity index is 992. The topological polar surface area (TPSA) is 12.9 Å². The predicted molar refractivity (Wildman–Crippen MR) is 108 cm³/mol. The molecule has 0 spiro atoms. The molecule has 2 aromatic rings. The van der Waals surface area contributed by atoms with E-state index in [0.717, 1.165) is 23.2 Å². The number of aromatic nitrogens is 1. The molecule has 0 unspecified atom stereocenters. The van der Waals surface area contributed by atoms with Gasteiger partial charge in [0.05, 0.1) is 5.35 Å². The van der Waals surface area contributed by atoms with Crippen molar-refractivity contribution in [2.75, 3.05) is 0 Å². The number of allylic oxidation sites excluding steroid dienone is 1. The first kappa shape index (κ1) is 16.6. The second kappa shape index (κ2) is 5.57. The molecular formula is C23H24ClN. The molecule has 0 N–H and O–H groups in total. The van der Waals surface area contributed by atoms with Crippen molar-refractivity contribution in [3.8, 4) is 11.1 Å². The van der Waals surface area contributed by atoms with E-state index in [1.807, 2.05) is 12.1 Å². The van der Waals surface area contributed by atoms with Crippen LogP contribution in [0, 0.1) is 10.8 Å². The highest BCUT2D eigenvalue weighted by Gasteiger charge is 2.26. The first-order chi connectivity index (χ1) is 11.7. The molecule has 1 aromatic heterocycles. The largest absolute Gasteiger partial charge is 0.252 e. The minimum Gasteiger partial charge on any atom is -0.252 e. The minimum atomic E-state index is 0.152. The lowest BCUT2D eigenvalue weighted by Crippen LogP contribution is -2.39. The number of fused-ring (bicyclic) bond motifs is 2. The van der Waals surface area contributed by atoms with Crippen molar-refractivity contribution in [1.29, 1.82) is 0 Å². The van der Waals surface area contributed by atoms with E-state index in [0.29, 0.717) is 0 Å². The van der Waals surface area contributed by atoms with Crippen LogP contribution >= 0.6 is 11.6 Å². The Morgan fingerprint density at radius 2 is 1.72 bits per heavy atom. The van der Waals surface area contributed by atoms with Crippen molar-refractivity contribution < 1.29 is 0 Å². The van der Waals surface area contributed by atoms with Gasteiger partial charge in [-0.2, -0.15) is 0 Å². The molecule has 4 rings (SSSR count). The van der Waals surface area contributed by atoms with E-state index in [1.165, 1.54) is 27.6 Å². The fourth-order valence-corrected chi connectivity index (χ4v) is 3.96.